The average Bonchev–Trinajstić information content (AvgIpc) is 3.04. The van der Waals surface area contributed by atoms with Crippen LogP contribution in [0.15, 0.2) is 0 Å². The summed E-state index contributed by atoms with van der Waals surface area (Å²) in [6, 6.07) is 0. The normalized spacial score (nSPS) is 55.3. The van der Waals surface area contributed by atoms with Crippen molar-refractivity contribution in [3.63, 3.8) is 0 Å². The molecule has 168 valence electrons. The third-order valence-corrected chi connectivity index (χ3v) is 10.8. The summed E-state index contributed by atoms with van der Waals surface area (Å²) < 4.78 is 24.4. The number of epoxide rings is 1. The quantitative estimate of drug-likeness (QED) is 0.481. The highest BCUT2D eigenvalue weighted by Crippen LogP contribution is 2.72. The van der Waals surface area contributed by atoms with Crippen LogP contribution in [0.3, 0.4) is 0 Å². The van der Waals surface area contributed by atoms with Crippen LogP contribution >= 0.6 is 0 Å². The van der Waals surface area contributed by atoms with Crippen molar-refractivity contribution >= 4 is 5.97 Å². The van der Waals surface area contributed by atoms with Crippen LogP contribution in [0.2, 0.25) is 0 Å². The number of rotatable bonds is 2. The number of esters is 1. The predicted octanol–water partition coefficient (Wildman–Crippen LogP) is 4.68. The predicted molar refractivity (Wildman–Crippen MR) is 110 cm³/mol. The van der Waals surface area contributed by atoms with Gasteiger partial charge < -0.3 is 18.9 Å². The van der Waals surface area contributed by atoms with Crippen LogP contribution in [-0.4, -0.2) is 36.9 Å². The van der Waals surface area contributed by atoms with E-state index in [9.17, 15) is 4.79 Å². The molecule has 1 spiro atoms. The average molecular weight is 419 g/mol. The van der Waals surface area contributed by atoms with Gasteiger partial charge in [0.1, 0.15) is 6.10 Å². The molecule has 5 nitrogen and oxygen atoms in total. The second-order valence-electron chi connectivity index (χ2n) is 11.8. The smallest absolute Gasteiger partial charge is 0.305 e. The monoisotopic (exact) mass is 418 g/mol. The summed E-state index contributed by atoms with van der Waals surface area (Å²) in [5.41, 5.74) is 0.625. The maximum atomic E-state index is 11.6. The fraction of sp³-hybridized carbons (Fsp3) is 0.960. The van der Waals surface area contributed by atoms with Crippen molar-refractivity contribution in [2.45, 2.75) is 96.7 Å². The van der Waals surface area contributed by atoms with Gasteiger partial charge in [-0.1, -0.05) is 20.8 Å². The van der Waals surface area contributed by atoms with E-state index in [1.54, 1.807) is 0 Å². The highest BCUT2D eigenvalue weighted by atomic mass is 16.8. The Morgan fingerprint density at radius 3 is 2.47 bits per heavy atom. The van der Waals surface area contributed by atoms with Gasteiger partial charge in [0.25, 0.3) is 0 Å². The van der Waals surface area contributed by atoms with Gasteiger partial charge in [-0.15, -0.1) is 0 Å². The molecule has 5 heteroatoms. The molecule has 0 radical (unpaired) electrons. The molecule has 6 aliphatic rings. The third-order valence-electron chi connectivity index (χ3n) is 10.8. The molecule has 2 aliphatic heterocycles. The minimum absolute atomic E-state index is 0.106. The van der Waals surface area contributed by atoms with Crippen LogP contribution in [0.4, 0.5) is 0 Å². The molecule has 0 unspecified atom stereocenters. The van der Waals surface area contributed by atoms with Crippen LogP contribution in [0.5, 0.6) is 0 Å². The Balaban J connectivity index is 1.28. The number of ether oxygens (including phenoxy) is 4. The second-order valence-corrected chi connectivity index (χ2v) is 11.8. The Morgan fingerprint density at radius 1 is 1.00 bits per heavy atom. The molecule has 0 N–H and O–H groups in total. The van der Waals surface area contributed by atoms with E-state index < -0.39 is 5.79 Å². The van der Waals surface area contributed by atoms with E-state index in [-0.39, 0.29) is 17.9 Å². The molecule has 2 heterocycles. The molecule has 6 rings (SSSR count). The summed E-state index contributed by atoms with van der Waals surface area (Å²) in [4.78, 5) is 11.6. The van der Waals surface area contributed by atoms with E-state index in [1.807, 2.05) is 0 Å². The number of carbonyl (C=O) groups is 1. The molecule has 0 aromatic heterocycles. The van der Waals surface area contributed by atoms with Gasteiger partial charge in [-0.25, -0.2) is 0 Å². The summed E-state index contributed by atoms with van der Waals surface area (Å²) in [5, 5.41) is 0. The molecule has 4 saturated carbocycles. The summed E-state index contributed by atoms with van der Waals surface area (Å²) >= 11 is 0. The largest absolute Gasteiger partial charge is 0.430 e. The van der Waals surface area contributed by atoms with E-state index >= 15 is 0 Å². The van der Waals surface area contributed by atoms with E-state index in [0.29, 0.717) is 28.6 Å². The SMILES string of the molecule is CC[C@H]1C2(C[C@H]3[C@@H]4CC[C@H]5C[C@]6(OC(C)=O)O[C@@H]6C[C@]5(C)[C@H]4CC[C@@]31C)OCCO2. The maximum Gasteiger partial charge on any atom is 0.305 e. The lowest BCUT2D eigenvalue weighted by atomic mass is 9.44. The van der Waals surface area contributed by atoms with Crippen molar-refractivity contribution in [3.05, 3.63) is 0 Å². The molecule has 2 saturated heterocycles. The summed E-state index contributed by atoms with van der Waals surface area (Å²) in [7, 11) is 0. The Kier molecular flexibility index (Phi) is 4.15. The summed E-state index contributed by atoms with van der Waals surface area (Å²) in [6.45, 7) is 10.4. The Morgan fingerprint density at radius 2 is 1.77 bits per heavy atom. The zero-order valence-corrected chi connectivity index (χ0v) is 19.1. The van der Waals surface area contributed by atoms with Gasteiger partial charge >= 0.3 is 5.97 Å². The maximum absolute atomic E-state index is 11.6. The van der Waals surface area contributed by atoms with Crippen molar-refractivity contribution in [2.75, 3.05) is 13.2 Å². The Labute approximate surface area is 180 Å². The van der Waals surface area contributed by atoms with Crippen LogP contribution in [0, 0.1) is 40.4 Å². The molecule has 0 aromatic carbocycles. The molecular weight excluding hydrogens is 380 g/mol. The van der Waals surface area contributed by atoms with E-state index in [4.69, 9.17) is 18.9 Å². The fourth-order valence-electron chi connectivity index (χ4n) is 9.57. The van der Waals surface area contributed by atoms with Crippen molar-refractivity contribution < 1.29 is 23.7 Å². The first-order valence-corrected chi connectivity index (χ1v) is 12.4. The first-order chi connectivity index (χ1) is 14.3. The van der Waals surface area contributed by atoms with Crippen molar-refractivity contribution in [1.29, 1.82) is 0 Å². The van der Waals surface area contributed by atoms with Crippen LogP contribution in [0.1, 0.15) is 79.1 Å². The summed E-state index contributed by atoms with van der Waals surface area (Å²) in [5.74, 6) is 2.17. The second kappa shape index (κ2) is 6.23. The van der Waals surface area contributed by atoms with Crippen molar-refractivity contribution in [1.82, 2.24) is 0 Å². The molecule has 0 amide bonds. The van der Waals surface area contributed by atoms with Gasteiger partial charge in [0.05, 0.1) is 13.2 Å². The topological polar surface area (TPSA) is 57.3 Å². The summed E-state index contributed by atoms with van der Waals surface area (Å²) in [6.07, 6.45) is 9.39. The van der Waals surface area contributed by atoms with Crippen molar-refractivity contribution in [2.24, 2.45) is 40.4 Å². The van der Waals surface area contributed by atoms with Crippen LogP contribution in [0.25, 0.3) is 0 Å². The van der Waals surface area contributed by atoms with Gasteiger partial charge in [0.15, 0.2) is 5.79 Å². The molecule has 30 heavy (non-hydrogen) atoms. The molecule has 9 atom stereocenters. The van der Waals surface area contributed by atoms with Gasteiger partial charge in [0.2, 0.25) is 5.79 Å². The van der Waals surface area contributed by atoms with Gasteiger partial charge in [-0.2, -0.15) is 0 Å². The zero-order valence-electron chi connectivity index (χ0n) is 19.1. The number of hydrogen-bond acceptors (Lipinski definition) is 5. The van der Waals surface area contributed by atoms with E-state index in [2.05, 4.69) is 20.8 Å². The fourth-order valence-corrected chi connectivity index (χ4v) is 9.57. The molecular formula is C25H38O5. The standard InChI is InChI=1S/C25H38O5/c1-5-20-22(3)9-8-18-17(19(22)13-24(20)27-10-11-28-24)7-6-16-12-25(29-15(2)26)21(30-25)14-23(16,18)4/h16-21H,5-14H2,1-4H3/t16-,17+,18-,19-,20+,21+,22-,23-,25-/m0/s1. The van der Waals surface area contributed by atoms with Crippen molar-refractivity contribution in [3.8, 4) is 0 Å². The third kappa shape index (κ3) is 2.43. The Bertz CT molecular complexity index is 746. The lowest BCUT2D eigenvalue weighted by Crippen LogP contribution is -2.55. The van der Waals surface area contributed by atoms with Gasteiger partial charge in [-0.3, -0.25) is 4.79 Å². The van der Waals surface area contributed by atoms with Gasteiger partial charge in [-0.05, 0) is 73.0 Å². The lowest BCUT2D eigenvalue weighted by molar-refractivity contribution is -0.194. The number of fused-ring (bicyclic) bond motifs is 6. The highest BCUT2D eigenvalue weighted by Gasteiger charge is 2.72. The van der Waals surface area contributed by atoms with Crippen LogP contribution < -0.4 is 0 Å². The Hall–Kier alpha value is -0.650. The molecule has 0 bridgehead atoms. The number of hydrogen-bond donors (Lipinski definition) is 0. The van der Waals surface area contributed by atoms with Crippen LogP contribution in [-0.2, 0) is 23.7 Å². The highest BCUT2D eigenvalue weighted by molar-refractivity contribution is 5.66. The first kappa shape index (κ1) is 20.0. The molecule has 6 fully saturated rings. The van der Waals surface area contributed by atoms with E-state index in [0.717, 1.165) is 50.7 Å². The zero-order chi connectivity index (χ0) is 20.9. The minimum Gasteiger partial charge on any atom is -0.430 e. The first-order valence-electron chi connectivity index (χ1n) is 12.4. The molecule has 0 aromatic rings. The lowest BCUT2D eigenvalue weighted by Gasteiger charge is -2.60. The number of carbonyl (C=O) groups excluding carboxylic acids is 1. The minimum atomic E-state index is -0.595. The van der Waals surface area contributed by atoms with Gasteiger partial charge in [0, 0.05) is 25.7 Å². The molecule has 4 aliphatic carbocycles. The van der Waals surface area contributed by atoms with E-state index in [1.165, 1.54) is 32.6 Å².